The summed E-state index contributed by atoms with van der Waals surface area (Å²) in [4.78, 5) is 0. The van der Waals surface area contributed by atoms with E-state index in [1.54, 1.807) is 9.96 Å². The topological polar surface area (TPSA) is 0 Å². The molecule has 0 aliphatic carbocycles. The molecule has 0 heterocycles. The third-order valence-corrected chi connectivity index (χ3v) is 6.85. The number of rotatable bonds is 1. The molecular weight excluding hydrogens is 229 g/mol. The summed E-state index contributed by atoms with van der Waals surface area (Å²) in [6.45, 7) is 6.92. The molecule has 0 bridgehead atoms. The van der Waals surface area contributed by atoms with Crippen LogP contribution < -0.4 is 4.40 Å². The van der Waals surface area contributed by atoms with Crippen molar-refractivity contribution in [2.24, 2.45) is 0 Å². The second kappa shape index (κ2) is 3.73. The van der Waals surface area contributed by atoms with Crippen LogP contribution in [0.15, 0.2) is 24.3 Å². The first-order valence-electron chi connectivity index (χ1n) is 5.33. The molecule has 0 atom stereocenters. The normalized spacial score (nSPS) is 13.0. The maximum absolute atomic E-state index is 2.46. The molecule has 0 N–H and O–H groups in total. The second-order valence-corrected chi connectivity index (χ2v) is 16.6. The Bertz CT molecular complexity index is 280. The summed E-state index contributed by atoms with van der Waals surface area (Å²) < 4.78 is 1.65. The SMILES string of the molecule is CC(C)(C)c1cccc[c]1[Ge]([CH3])([CH3])[CH3]. The van der Waals surface area contributed by atoms with Crippen LogP contribution in [-0.4, -0.2) is 13.3 Å². The fraction of sp³-hybridized carbons (Fsp3) is 0.538. The zero-order chi connectivity index (χ0) is 11.0. The Kier molecular flexibility index (Phi) is 3.15. The van der Waals surface area contributed by atoms with E-state index in [4.69, 9.17) is 0 Å². The van der Waals surface area contributed by atoms with Crippen LogP contribution in [-0.2, 0) is 5.41 Å². The summed E-state index contributed by atoms with van der Waals surface area (Å²) in [6, 6.07) is 8.98. The molecular formula is C13H22Ge. The molecule has 0 radical (unpaired) electrons. The standard InChI is InChI=1S/C13H22Ge/c1-13(2,3)11-9-7-8-10-12(11)14(4,5)6/h7-10H,1-6H3. The average Bonchev–Trinajstić information content (AvgIpc) is 2.01. The van der Waals surface area contributed by atoms with Gasteiger partial charge in [0.05, 0.1) is 0 Å². The molecule has 1 heteroatoms. The Morgan fingerprint density at radius 2 is 1.43 bits per heavy atom. The molecule has 1 rings (SSSR count). The number of hydrogen-bond donors (Lipinski definition) is 0. The third-order valence-electron chi connectivity index (χ3n) is 2.54. The molecule has 0 saturated carbocycles. The van der Waals surface area contributed by atoms with Gasteiger partial charge in [-0.3, -0.25) is 0 Å². The van der Waals surface area contributed by atoms with Gasteiger partial charge in [-0.1, -0.05) is 0 Å². The summed E-state index contributed by atoms with van der Waals surface area (Å²) in [5.74, 6) is 7.39. The van der Waals surface area contributed by atoms with Gasteiger partial charge >= 0.3 is 90.9 Å². The monoisotopic (exact) mass is 252 g/mol. The molecule has 78 valence electrons. The Labute approximate surface area is 91.1 Å². The van der Waals surface area contributed by atoms with E-state index in [1.807, 2.05) is 0 Å². The van der Waals surface area contributed by atoms with Crippen LogP contribution in [0.5, 0.6) is 0 Å². The van der Waals surface area contributed by atoms with E-state index in [-0.39, 0.29) is 5.41 Å². The summed E-state index contributed by atoms with van der Waals surface area (Å²) in [5.41, 5.74) is 1.84. The number of hydrogen-bond acceptors (Lipinski definition) is 0. The van der Waals surface area contributed by atoms with Crippen LogP contribution in [0.25, 0.3) is 0 Å². The molecule has 0 saturated heterocycles. The minimum atomic E-state index is -1.69. The first-order valence-corrected chi connectivity index (χ1v) is 12.7. The Morgan fingerprint density at radius 3 is 1.79 bits per heavy atom. The van der Waals surface area contributed by atoms with Crippen molar-refractivity contribution in [2.75, 3.05) is 0 Å². The number of benzene rings is 1. The van der Waals surface area contributed by atoms with Gasteiger partial charge in [0.1, 0.15) is 0 Å². The predicted octanol–water partition coefficient (Wildman–Crippen LogP) is 3.53. The van der Waals surface area contributed by atoms with Gasteiger partial charge in [-0.05, 0) is 0 Å². The van der Waals surface area contributed by atoms with E-state index in [2.05, 4.69) is 62.3 Å². The molecule has 0 nitrogen and oxygen atoms in total. The van der Waals surface area contributed by atoms with Crippen molar-refractivity contribution in [1.29, 1.82) is 0 Å². The molecule has 0 fully saturated rings. The van der Waals surface area contributed by atoms with Crippen molar-refractivity contribution in [3.8, 4) is 0 Å². The zero-order valence-corrected chi connectivity index (χ0v) is 12.4. The molecule has 0 amide bonds. The van der Waals surface area contributed by atoms with Gasteiger partial charge in [0.15, 0.2) is 0 Å². The van der Waals surface area contributed by atoms with Gasteiger partial charge in [0.25, 0.3) is 0 Å². The second-order valence-electron chi connectivity index (χ2n) is 6.05. The molecule has 1 aromatic rings. The van der Waals surface area contributed by atoms with Crippen molar-refractivity contribution in [3.05, 3.63) is 29.8 Å². The van der Waals surface area contributed by atoms with Crippen molar-refractivity contribution < 1.29 is 0 Å². The molecule has 14 heavy (non-hydrogen) atoms. The van der Waals surface area contributed by atoms with Gasteiger partial charge in [-0.2, -0.15) is 0 Å². The third kappa shape index (κ3) is 2.63. The quantitative estimate of drug-likeness (QED) is 0.669. The molecule has 0 unspecified atom stereocenters. The van der Waals surface area contributed by atoms with Crippen LogP contribution in [0.1, 0.15) is 26.3 Å². The zero-order valence-electron chi connectivity index (χ0n) is 10.3. The van der Waals surface area contributed by atoms with Gasteiger partial charge < -0.3 is 0 Å². The van der Waals surface area contributed by atoms with Crippen LogP contribution in [0.3, 0.4) is 0 Å². The van der Waals surface area contributed by atoms with Gasteiger partial charge in [0, 0.05) is 0 Å². The molecule has 0 aromatic heterocycles. The Morgan fingerprint density at radius 1 is 0.929 bits per heavy atom. The van der Waals surface area contributed by atoms with Crippen LogP contribution in [0.2, 0.25) is 17.3 Å². The average molecular weight is 251 g/mol. The van der Waals surface area contributed by atoms with Crippen molar-refractivity contribution >= 4 is 17.7 Å². The van der Waals surface area contributed by atoms with E-state index in [9.17, 15) is 0 Å². The van der Waals surface area contributed by atoms with E-state index < -0.39 is 13.3 Å². The Hall–Kier alpha value is -0.237. The van der Waals surface area contributed by atoms with Gasteiger partial charge in [0.2, 0.25) is 0 Å². The van der Waals surface area contributed by atoms with Crippen molar-refractivity contribution in [3.63, 3.8) is 0 Å². The molecule has 0 aliphatic rings. The molecule has 1 aromatic carbocycles. The summed E-state index contributed by atoms with van der Waals surface area (Å²) >= 11 is -1.69. The van der Waals surface area contributed by atoms with Crippen LogP contribution in [0.4, 0.5) is 0 Å². The molecule has 0 aliphatic heterocycles. The van der Waals surface area contributed by atoms with Gasteiger partial charge in [-0.25, -0.2) is 0 Å². The summed E-state index contributed by atoms with van der Waals surface area (Å²) in [5, 5.41) is 0. The maximum atomic E-state index is 2.46. The fourth-order valence-electron chi connectivity index (χ4n) is 1.79. The van der Waals surface area contributed by atoms with Crippen molar-refractivity contribution in [1.82, 2.24) is 0 Å². The van der Waals surface area contributed by atoms with E-state index in [1.165, 1.54) is 0 Å². The van der Waals surface area contributed by atoms with Crippen LogP contribution >= 0.6 is 0 Å². The van der Waals surface area contributed by atoms with E-state index in [0.29, 0.717) is 0 Å². The minimum absolute atomic E-state index is 0.287. The van der Waals surface area contributed by atoms with Crippen molar-refractivity contribution in [2.45, 2.75) is 43.5 Å². The van der Waals surface area contributed by atoms with E-state index in [0.717, 1.165) is 0 Å². The fourth-order valence-corrected chi connectivity index (χ4v) is 5.70. The Balaban J connectivity index is 3.31. The first kappa shape index (κ1) is 11.8. The first-order chi connectivity index (χ1) is 6.23. The predicted molar refractivity (Wildman–Crippen MR) is 68.1 cm³/mol. The van der Waals surface area contributed by atoms with Gasteiger partial charge in [-0.15, -0.1) is 0 Å². The summed E-state index contributed by atoms with van der Waals surface area (Å²) in [6.07, 6.45) is 0. The molecule has 0 spiro atoms. The summed E-state index contributed by atoms with van der Waals surface area (Å²) in [7, 11) is 0. The van der Waals surface area contributed by atoms with E-state index >= 15 is 0 Å². The van der Waals surface area contributed by atoms with Crippen LogP contribution in [0, 0.1) is 0 Å².